The first-order valence-corrected chi connectivity index (χ1v) is 8.17. The molecule has 24 heavy (non-hydrogen) atoms. The van der Waals surface area contributed by atoms with Gasteiger partial charge in [0.05, 0.1) is 0 Å². The Labute approximate surface area is 143 Å². The number of benzene rings is 2. The van der Waals surface area contributed by atoms with Crippen molar-refractivity contribution in [2.24, 2.45) is 10.7 Å². The van der Waals surface area contributed by atoms with Gasteiger partial charge in [-0.2, -0.15) is 0 Å². The quantitative estimate of drug-likeness (QED) is 0.548. The molecule has 124 valence electrons. The van der Waals surface area contributed by atoms with Gasteiger partial charge in [0, 0.05) is 0 Å². The van der Waals surface area contributed by atoms with Gasteiger partial charge in [-0.1, -0.05) is 0 Å². The van der Waals surface area contributed by atoms with E-state index in [4.69, 9.17) is 5.73 Å². The predicted molar refractivity (Wildman–Crippen MR) is 97.6 cm³/mol. The topological polar surface area (TPSA) is 75.7 Å². The molecule has 0 saturated carbocycles. The van der Waals surface area contributed by atoms with Crippen LogP contribution in [0.1, 0.15) is 17.5 Å². The molecule has 0 radical (unpaired) electrons. The molecule has 0 aliphatic carbocycles. The third-order valence-corrected chi connectivity index (χ3v) is 3.99. The number of aliphatic hydroxyl groups is 1. The molecule has 0 aromatic heterocycles. The first-order chi connectivity index (χ1) is 11.7. The van der Waals surface area contributed by atoms with Crippen LogP contribution < -0.4 is 5.73 Å². The van der Waals surface area contributed by atoms with E-state index < -0.39 is 6.10 Å². The molecule has 0 amide bonds. The van der Waals surface area contributed by atoms with E-state index in [0.29, 0.717) is 26.4 Å². The second-order valence-corrected chi connectivity index (χ2v) is 5.93. The standard InChI is InChI=1S/C19H23BN2O2/c21-18(12-16-9-5-2-6-10-16)19(23)13-17(22-14-20-24)11-15-7-3-1-4-8-15/h1-10,14,17-19,23H,11-13,21H2/b22-14-/t17-,18-,19-/m0/s1. The summed E-state index contributed by atoms with van der Waals surface area (Å²) in [7, 11) is 0.661. The maximum absolute atomic E-state index is 10.6. The third-order valence-electron chi connectivity index (χ3n) is 3.99. The van der Waals surface area contributed by atoms with E-state index >= 15 is 0 Å². The maximum atomic E-state index is 10.6. The third kappa shape index (κ3) is 6.18. The van der Waals surface area contributed by atoms with E-state index in [1.807, 2.05) is 60.7 Å². The number of aliphatic hydroxyl groups excluding tert-OH is 1. The van der Waals surface area contributed by atoms with Gasteiger partial charge in [0.15, 0.2) is 0 Å². The summed E-state index contributed by atoms with van der Waals surface area (Å²) >= 11 is 0. The van der Waals surface area contributed by atoms with Crippen molar-refractivity contribution in [3.63, 3.8) is 0 Å². The summed E-state index contributed by atoms with van der Waals surface area (Å²) in [5, 5.41) is 10.4. The molecule has 0 unspecified atom stereocenters. The van der Waals surface area contributed by atoms with Crippen LogP contribution in [0.25, 0.3) is 0 Å². The normalized spacial score (nSPS) is 14.9. The van der Waals surface area contributed by atoms with Gasteiger partial charge in [-0.3, -0.25) is 0 Å². The average Bonchev–Trinajstić information content (AvgIpc) is 2.61. The molecule has 0 bridgehead atoms. The van der Waals surface area contributed by atoms with Gasteiger partial charge < -0.3 is 0 Å². The van der Waals surface area contributed by atoms with Crippen molar-refractivity contribution in [2.45, 2.75) is 37.5 Å². The zero-order valence-corrected chi connectivity index (χ0v) is 13.7. The molecule has 2 aromatic carbocycles. The Morgan fingerprint density at radius 1 is 1.00 bits per heavy atom. The van der Waals surface area contributed by atoms with Crippen molar-refractivity contribution in [3.05, 3.63) is 71.8 Å². The first-order valence-electron chi connectivity index (χ1n) is 8.17. The van der Waals surface area contributed by atoms with Crippen LogP contribution in [-0.2, 0) is 17.5 Å². The molecule has 5 heteroatoms. The van der Waals surface area contributed by atoms with E-state index in [2.05, 4.69) is 4.99 Å². The van der Waals surface area contributed by atoms with Crippen LogP contribution >= 0.6 is 0 Å². The van der Waals surface area contributed by atoms with Crippen LogP contribution in [-0.4, -0.2) is 36.6 Å². The average molecular weight is 322 g/mol. The van der Waals surface area contributed by atoms with Crippen molar-refractivity contribution >= 4 is 13.3 Å². The summed E-state index contributed by atoms with van der Waals surface area (Å²) in [6.45, 7) is 0. The van der Waals surface area contributed by atoms with Crippen molar-refractivity contribution < 1.29 is 9.81 Å². The number of rotatable bonds is 9. The van der Waals surface area contributed by atoms with Gasteiger partial charge in [-0.15, -0.1) is 0 Å². The Morgan fingerprint density at radius 3 is 2.08 bits per heavy atom. The summed E-state index contributed by atoms with van der Waals surface area (Å²) in [4.78, 5) is 4.26. The minimum absolute atomic E-state index is 0.172. The van der Waals surface area contributed by atoms with E-state index in [1.165, 1.54) is 6.11 Å². The molecular weight excluding hydrogens is 299 g/mol. The molecule has 3 atom stereocenters. The van der Waals surface area contributed by atoms with Crippen LogP contribution in [0.3, 0.4) is 0 Å². The molecule has 0 aliphatic heterocycles. The Morgan fingerprint density at radius 2 is 1.54 bits per heavy atom. The molecule has 2 aromatic rings. The van der Waals surface area contributed by atoms with Crippen molar-refractivity contribution in [1.29, 1.82) is 0 Å². The second-order valence-electron chi connectivity index (χ2n) is 5.93. The van der Waals surface area contributed by atoms with Gasteiger partial charge in [0.25, 0.3) is 0 Å². The monoisotopic (exact) mass is 322 g/mol. The Kier molecular flexibility index (Phi) is 7.53. The fourth-order valence-corrected chi connectivity index (χ4v) is 2.72. The van der Waals surface area contributed by atoms with E-state index in [0.717, 1.165) is 11.1 Å². The number of nitrogens with zero attached hydrogens (tertiary/aromatic N) is 1. The van der Waals surface area contributed by atoms with Crippen LogP contribution in [0.15, 0.2) is 65.7 Å². The summed E-state index contributed by atoms with van der Waals surface area (Å²) in [5.41, 5.74) is 8.37. The molecular formula is C19H23BN2O2. The van der Waals surface area contributed by atoms with E-state index in [-0.39, 0.29) is 12.1 Å². The van der Waals surface area contributed by atoms with Gasteiger partial charge >= 0.3 is 143 Å². The molecule has 2 rings (SSSR count). The summed E-state index contributed by atoms with van der Waals surface area (Å²) in [5.74, 6) is 0. The van der Waals surface area contributed by atoms with E-state index in [1.54, 1.807) is 0 Å². The van der Waals surface area contributed by atoms with Crippen LogP contribution in [0.5, 0.6) is 0 Å². The van der Waals surface area contributed by atoms with Crippen LogP contribution in [0, 0.1) is 0 Å². The molecule has 3 N–H and O–H groups in total. The second kappa shape index (κ2) is 9.91. The Hall–Kier alpha value is -2.11. The van der Waals surface area contributed by atoms with Gasteiger partial charge in [-0.25, -0.2) is 0 Å². The molecule has 0 spiro atoms. The molecule has 0 saturated heterocycles. The Balaban J connectivity index is 1.96. The zero-order chi connectivity index (χ0) is 17.2. The zero-order valence-electron chi connectivity index (χ0n) is 13.7. The van der Waals surface area contributed by atoms with Crippen molar-refractivity contribution in [1.82, 2.24) is 0 Å². The Bertz CT molecular complexity index is 634. The number of hydrogen-bond acceptors (Lipinski definition) is 4. The SMILES string of the molecule is N[C@@H](Cc1ccccc1)[C@@H](O)C[C@H](Cc1ccccc1)/N=C\B=O. The predicted octanol–water partition coefficient (Wildman–Crippen LogP) is 2.00. The molecule has 0 fully saturated rings. The number of aliphatic imine (C=N–C) groups is 1. The fourth-order valence-electron chi connectivity index (χ4n) is 2.72. The number of nitrogens with two attached hydrogens (primary N) is 1. The summed E-state index contributed by atoms with van der Waals surface area (Å²) in [6.07, 6.45) is 2.27. The minimum atomic E-state index is -0.678. The van der Waals surface area contributed by atoms with Crippen LogP contribution in [0.4, 0.5) is 0 Å². The van der Waals surface area contributed by atoms with Gasteiger partial charge in [-0.05, 0) is 0 Å². The van der Waals surface area contributed by atoms with Gasteiger partial charge in [0.2, 0.25) is 0 Å². The van der Waals surface area contributed by atoms with Crippen molar-refractivity contribution in [3.8, 4) is 0 Å². The fraction of sp³-hybridized carbons (Fsp3) is 0.316. The molecule has 4 nitrogen and oxygen atoms in total. The van der Waals surface area contributed by atoms with Gasteiger partial charge in [0.1, 0.15) is 0 Å². The number of hydrogen-bond donors (Lipinski definition) is 2. The van der Waals surface area contributed by atoms with Crippen molar-refractivity contribution in [2.75, 3.05) is 0 Å². The first kappa shape index (κ1) is 18.2. The van der Waals surface area contributed by atoms with E-state index in [9.17, 15) is 9.81 Å². The summed E-state index contributed by atoms with van der Waals surface area (Å²) in [6, 6.07) is 19.2. The van der Waals surface area contributed by atoms with Crippen LogP contribution in [0.2, 0.25) is 0 Å². The molecule has 0 aliphatic rings. The summed E-state index contributed by atoms with van der Waals surface area (Å²) < 4.78 is 10.6. The molecule has 0 heterocycles.